The molecule has 1 aliphatic rings. The second-order valence-corrected chi connectivity index (χ2v) is 7.02. The van der Waals surface area contributed by atoms with Gasteiger partial charge in [-0.25, -0.2) is 4.98 Å². The Morgan fingerprint density at radius 3 is 2.63 bits per heavy atom. The summed E-state index contributed by atoms with van der Waals surface area (Å²) in [6, 6.07) is 10.4. The van der Waals surface area contributed by atoms with Crippen LogP contribution in [-0.2, 0) is 0 Å². The second kappa shape index (κ2) is 8.20. The van der Waals surface area contributed by atoms with E-state index >= 15 is 0 Å². The lowest BCUT2D eigenvalue weighted by Crippen LogP contribution is -2.30. The summed E-state index contributed by atoms with van der Waals surface area (Å²) in [5, 5.41) is 7.96. The van der Waals surface area contributed by atoms with Crippen molar-refractivity contribution in [2.24, 2.45) is 0 Å². The van der Waals surface area contributed by atoms with Crippen LogP contribution >= 0.6 is 0 Å². The maximum Gasteiger partial charge on any atom is 0.224 e. The molecule has 0 amide bonds. The number of fused-ring (bicyclic) bond motifs is 1. The molecule has 140 valence electrons. The first-order valence-corrected chi connectivity index (χ1v) is 9.71. The number of benzene rings is 1. The van der Waals surface area contributed by atoms with Gasteiger partial charge in [-0.05, 0) is 49.9 Å². The summed E-state index contributed by atoms with van der Waals surface area (Å²) in [6.07, 6.45) is 7.50. The molecule has 0 saturated carbocycles. The first-order chi connectivity index (χ1) is 13.3. The molecule has 0 atom stereocenters. The van der Waals surface area contributed by atoms with E-state index in [-0.39, 0.29) is 0 Å². The van der Waals surface area contributed by atoms with Crippen LogP contribution in [-0.4, -0.2) is 41.1 Å². The van der Waals surface area contributed by atoms with Crippen LogP contribution in [0.5, 0.6) is 0 Å². The van der Waals surface area contributed by atoms with Gasteiger partial charge in [-0.1, -0.05) is 12.1 Å². The fourth-order valence-electron chi connectivity index (χ4n) is 3.52. The van der Waals surface area contributed by atoms with Crippen LogP contribution < -0.4 is 15.5 Å². The van der Waals surface area contributed by atoms with Crippen molar-refractivity contribution >= 4 is 28.4 Å². The topological polar surface area (TPSA) is 66.0 Å². The van der Waals surface area contributed by atoms with E-state index in [1.807, 2.05) is 24.5 Å². The van der Waals surface area contributed by atoms with E-state index in [0.717, 1.165) is 48.6 Å². The Kier molecular flexibility index (Phi) is 5.32. The van der Waals surface area contributed by atoms with Crippen molar-refractivity contribution in [1.29, 1.82) is 0 Å². The first kappa shape index (κ1) is 17.5. The first-order valence-electron chi connectivity index (χ1n) is 9.71. The van der Waals surface area contributed by atoms with Gasteiger partial charge in [0.15, 0.2) is 0 Å². The summed E-state index contributed by atoms with van der Waals surface area (Å²) in [5.74, 6) is 1.71. The van der Waals surface area contributed by atoms with Crippen molar-refractivity contribution < 1.29 is 0 Å². The normalized spacial score (nSPS) is 14.3. The van der Waals surface area contributed by atoms with Gasteiger partial charge in [0, 0.05) is 49.6 Å². The zero-order chi connectivity index (χ0) is 18.5. The Bertz CT molecular complexity index is 904. The zero-order valence-electron chi connectivity index (χ0n) is 15.8. The van der Waals surface area contributed by atoms with Crippen LogP contribution in [0.2, 0.25) is 0 Å². The molecule has 0 unspecified atom stereocenters. The molecule has 0 aliphatic carbocycles. The van der Waals surface area contributed by atoms with E-state index in [9.17, 15) is 0 Å². The molecule has 2 N–H and O–H groups in total. The van der Waals surface area contributed by atoms with Gasteiger partial charge in [0.2, 0.25) is 5.95 Å². The highest BCUT2D eigenvalue weighted by atomic mass is 15.2. The third kappa shape index (κ3) is 4.27. The Morgan fingerprint density at radius 2 is 1.74 bits per heavy atom. The summed E-state index contributed by atoms with van der Waals surface area (Å²) in [6.45, 7) is 5.80. The Balaban J connectivity index is 1.34. The summed E-state index contributed by atoms with van der Waals surface area (Å²) >= 11 is 0. The number of anilines is 3. The molecule has 4 rings (SSSR count). The fraction of sp³-hybridized carbons (Fsp3) is 0.381. The molecule has 3 heterocycles. The Hall–Kier alpha value is -2.89. The van der Waals surface area contributed by atoms with Gasteiger partial charge in [0.1, 0.15) is 5.82 Å². The minimum absolute atomic E-state index is 0.690. The van der Waals surface area contributed by atoms with Gasteiger partial charge in [-0.2, -0.15) is 4.98 Å². The fourth-order valence-corrected chi connectivity index (χ4v) is 3.52. The second-order valence-electron chi connectivity index (χ2n) is 7.02. The van der Waals surface area contributed by atoms with Gasteiger partial charge in [0.05, 0.1) is 5.52 Å². The van der Waals surface area contributed by atoms with Crippen LogP contribution in [0, 0.1) is 6.92 Å². The third-order valence-electron chi connectivity index (χ3n) is 4.94. The monoisotopic (exact) mass is 362 g/mol. The minimum Gasteiger partial charge on any atom is -0.383 e. The highest BCUT2D eigenvalue weighted by Gasteiger charge is 2.12. The molecule has 2 aromatic heterocycles. The van der Waals surface area contributed by atoms with Gasteiger partial charge in [-0.15, -0.1) is 0 Å². The molecule has 1 saturated heterocycles. The molecular formula is C21H26N6. The van der Waals surface area contributed by atoms with Crippen molar-refractivity contribution in [3.05, 3.63) is 48.3 Å². The van der Waals surface area contributed by atoms with Gasteiger partial charge < -0.3 is 15.5 Å². The van der Waals surface area contributed by atoms with Crippen molar-refractivity contribution in [2.45, 2.75) is 26.2 Å². The summed E-state index contributed by atoms with van der Waals surface area (Å²) < 4.78 is 0. The highest BCUT2D eigenvalue weighted by Crippen LogP contribution is 2.22. The number of piperidine rings is 1. The summed E-state index contributed by atoms with van der Waals surface area (Å²) in [7, 11) is 0. The molecular weight excluding hydrogens is 336 g/mol. The Morgan fingerprint density at radius 1 is 0.926 bits per heavy atom. The molecule has 1 fully saturated rings. The van der Waals surface area contributed by atoms with Gasteiger partial charge in [0.25, 0.3) is 0 Å². The predicted octanol–water partition coefficient (Wildman–Crippen LogP) is 3.85. The maximum absolute atomic E-state index is 4.67. The SMILES string of the molecule is Cc1ccc2c(NCCNc3nccc(N4CCCCC4)n3)ccnc2c1. The van der Waals surface area contributed by atoms with E-state index in [1.165, 1.54) is 24.8 Å². The summed E-state index contributed by atoms with van der Waals surface area (Å²) in [5.41, 5.74) is 3.34. The smallest absolute Gasteiger partial charge is 0.224 e. The van der Waals surface area contributed by atoms with E-state index < -0.39 is 0 Å². The average Bonchev–Trinajstić information content (AvgIpc) is 2.72. The van der Waals surface area contributed by atoms with Crippen LogP contribution in [0.15, 0.2) is 42.7 Å². The lowest BCUT2D eigenvalue weighted by atomic mass is 10.1. The number of nitrogens with zero attached hydrogens (tertiary/aromatic N) is 4. The zero-order valence-corrected chi connectivity index (χ0v) is 15.8. The molecule has 0 spiro atoms. The molecule has 1 aromatic carbocycles. The van der Waals surface area contributed by atoms with Crippen LogP contribution in [0.4, 0.5) is 17.5 Å². The quantitative estimate of drug-likeness (QED) is 0.650. The minimum atomic E-state index is 0.690. The highest BCUT2D eigenvalue weighted by molar-refractivity contribution is 5.91. The lowest BCUT2D eigenvalue weighted by Gasteiger charge is -2.27. The van der Waals surface area contributed by atoms with Crippen LogP contribution in [0.25, 0.3) is 10.9 Å². The molecule has 0 bridgehead atoms. The number of pyridine rings is 1. The molecule has 6 heteroatoms. The molecule has 1 aliphatic heterocycles. The standard InChI is InChI=1S/C21H26N6/c1-16-5-6-17-18(7-9-22-19(17)15-16)23-11-12-25-21-24-10-8-20(26-21)27-13-3-2-4-14-27/h5-10,15H,2-4,11-14H2,1H3,(H,22,23)(H,24,25,26). The largest absolute Gasteiger partial charge is 0.383 e. The summed E-state index contributed by atoms with van der Waals surface area (Å²) in [4.78, 5) is 15.8. The predicted molar refractivity (Wildman–Crippen MR) is 112 cm³/mol. The van der Waals surface area contributed by atoms with Crippen molar-refractivity contribution in [1.82, 2.24) is 15.0 Å². The number of aromatic nitrogens is 3. The molecule has 6 nitrogen and oxygen atoms in total. The maximum atomic E-state index is 4.67. The van der Waals surface area contributed by atoms with E-state index in [0.29, 0.717) is 5.95 Å². The molecule has 0 radical (unpaired) electrons. The van der Waals surface area contributed by atoms with Crippen molar-refractivity contribution in [2.75, 3.05) is 41.7 Å². The lowest BCUT2D eigenvalue weighted by molar-refractivity contribution is 0.573. The van der Waals surface area contributed by atoms with Crippen LogP contribution in [0.1, 0.15) is 24.8 Å². The van der Waals surface area contributed by atoms with Gasteiger partial charge in [-0.3, -0.25) is 4.98 Å². The van der Waals surface area contributed by atoms with Gasteiger partial charge >= 0.3 is 0 Å². The number of aryl methyl sites for hydroxylation is 1. The number of hydrogen-bond donors (Lipinski definition) is 2. The van der Waals surface area contributed by atoms with Crippen molar-refractivity contribution in [3.8, 4) is 0 Å². The molecule has 27 heavy (non-hydrogen) atoms. The number of rotatable bonds is 6. The van der Waals surface area contributed by atoms with Crippen molar-refractivity contribution in [3.63, 3.8) is 0 Å². The number of nitrogens with one attached hydrogen (secondary N) is 2. The van der Waals surface area contributed by atoms with E-state index in [1.54, 1.807) is 0 Å². The van der Waals surface area contributed by atoms with E-state index in [2.05, 4.69) is 55.6 Å². The van der Waals surface area contributed by atoms with Crippen LogP contribution in [0.3, 0.4) is 0 Å². The molecule has 3 aromatic rings. The third-order valence-corrected chi connectivity index (χ3v) is 4.94. The average molecular weight is 362 g/mol. The Labute approximate surface area is 160 Å². The number of hydrogen-bond acceptors (Lipinski definition) is 6. The van der Waals surface area contributed by atoms with E-state index in [4.69, 9.17) is 0 Å².